The molecule has 4 aliphatic heterocycles. The van der Waals surface area contributed by atoms with Gasteiger partial charge in [0, 0.05) is 54.4 Å². The summed E-state index contributed by atoms with van der Waals surface area (Å²) in [6.45, 7) is 4.58. The van der Waals surface area contributed by atoms with Crippen molar-refractivity contribution in [3.63, 3.8) is 0 Å². The molecule has 2 N–H and O–H groups in total. The second-order valence-electron chi connectivity index (χ2n) is 9.12. The van der Waals surface area contributed by atoms with E-state index in [0.29, 0.717) is 5.06 Å². The highest BCUT2D eigenvalue weighted by Crippen LogP contribution is 2.22. The number of rotatable bonds is 7. The highest BCUT2D eigenvalue weighted by atomic mass is 16.7. The van der Waals surface area contributed by atoms with Crippen LogP contribution in [0.2, 0.25) is 0 Å². The third-order valence-electron chi connectivity index (χ3n) is 5.97. The van der Waals surface area contributed by atoms with Crippen LogP contribution in [0.1, 0.15) is 72.1 Å². The van der Waals surface area contributed by atoms with Crippen molar-refractivity contribution in [2.75, 3.05) is 0 Å². The Morgan fingerprint density at radius 2 is 1.17 bits per heavy atom. The minimum Gasteiger partial charge on any atom is -0.481 e. The molecular formula is C29H28N2O15. The van der Waals surface area contributed by atoms with Crippen LogP contribution in [0.5, 0.6) is 0 Å². The first-order valence-electron chi connectivity index (χ1n) is 13.2. The number of aliphatic carboxylic acids is 1. The van der Waals surface area contributed by atoms with E-state index in [1.807, 2.05) is 0 Å². The van der Waals surface area contributed by atoms with Crippen LogP contribution in [-0.2, 0) is 62.3 Å². The molecule has 4 heterocycles. The Morgan fingerprint density at radius 3 is 1.46 bits per heavy atom. The van der Waals surface area contributed by atoms with Crippen molar-refractivity contribution in [2.45, 2.75) is 72.1 Å². The van der Waals surface area contributed by atoms with Gasteiger partial charge in [0.2, 0.25) is 0 Å². The number of hydroxylamine groups is 4. The molecule has 46 heavy (non-hydrogen) atoms. The first kappa shape index (κ1) is 38.1. The fourth-order valence-electron chi connectivity index (χ4n) is 3.48. The highest BCUT2D eigenvalue weighted by molar-refractivity contribution is 6.12. The average molecular weight is 645 g/mol. The summed E-state index contributed by atoms with van der Waals surface area (Å²) in [5, 5.41) is 17.4. The van der Waals surface area contributed by atoms with Gasteiger partial charge >= 0.3 is 35.8 Å². The van der Waals surface area contributed by atoms with E-state index in [1.54, 1.807) is 6.92 Å². The van der Waals surface area contributed by atoms with Crippen LogP contribution in [0.4, 0.5) is 0 Å². The molecule has 0 aromatic heterocycles. The molecule has 4 aliphatic rings. The van der Waals surface area contributed by atoms with Gasteiger partial charge in [-0.15, -0.1) is 11.5 Å². The molecule has 0 saturated carbocycles. The molecule has 4 rings (SSSR count). The zero-order chi connectivity index (χ0) is 35.1. The maximum absolute atomic E-state index is 11.5. The predicted octanol–water partition coefficient (Wildman–Crippen LogP) is 0.192. The Labute approximate surface area is 261 Å². The van der Waals surface area contributed by atoms with Crippen LogP contribution in [0.25, 0.3) is 0 Å². The summed E-state index contributed by atoms with van der Waals surface area (Å²) in [6.07, 6.45) is 4.62. The number of hydrogen-bond donors (Lipinski definition) is 2. The van der Waals surface area contributed by atoms with E-state index < -0.39 is 59.4 Å². The van der Waals surface area contributed by atoms with Gasteiger partial charge in [0.15, 0.2) is 0 Å². The summed E-state index contributed by atoms with van der Waals surface area (Å²) in [5.74, 6) is 0.167. The van der Waals surface area contributed by atoms with E-state index in [9.17, 15) is 47.9 Å². The number of carboxylic acids is 1. The van der Waals surface area contributed by atoms with Gasteiger partial charge in [-0.25, -0.2) is 24.0 Å². The third kappa shape index (κ3) is 11.3. The van der Waals surface area contributed by atoms with Gasteiger partial charge < -0.3 is 19.4 Å². The molecule has 0 atom stereocenters. The largest absolute Gasteiger partial charge is 0.481 e. The van der Waals surface area contributed by atoms with Crippen molar-refractivity contribution < 1.29 is 72.6 Å². The van der Waals surface area contributed by atoms with Crippen LogP contribution in [0, 0.1) is 24.2 Å². The van der Waals surface area contributed by atoms with Crippen molar-refractivity contribution >= 4 is 59.4 Å². The summed E-state index contributed by atoms with van der Waals surface area (Å²) < 4.78 is 8.64. The number of imide groups is 2. The Morgan fingerprint density at radius 1 is 0.761 bits per heavy atom. The van der Waals surface area contributed by atoms with Gasteiger partial charge in [-0.05, 0) is 45.5 Å². The third-order valence-corrected chi connectivity index (χ3v) is 5.97. The number of terminal acetylenes is 1. The summed E-state index contributed by atoms with van der Waals surface area (Å²) in [6, 6.07) is 0. The van der Waals surface area contributed by atoms with Gasteiger partial charge in [-0.3, -0.25) is 29.2 Å². The first-order chi connectivity index (χ1) is 21.5. The second kappa shape index (κ2) is 18.0. The van der Waals surface area contributed by atoms with E-state index in [2.05, 4.69) is 32.1 Å². The smallest absolute Gasteiger partial charge is 0.342 e. The number of ether oxygens (including phenoxy) is 2. The van der Waals surface area contributed by atoms with Crippen LogP contribution in [-0.4, -0.2) is 79.9 Å². The Balaban J connectivity index is 0.000000347. The van der Waals surface area contributed by atoms with Crippen LogP contribution < -0.4 is 0 Å². The maximum Gasteiger partial charge on any atom is 0.342 e. The normalized spacial score (nSPS) is 16.8. The summed E-state index contributed by atoms with van der Waals surface area (Å²) in [4.78, 5) is 113. The summed E-state index contributed by atoms with van der Waals surface area (Å²) in [5.41, 5.74) is 0.640. The number of nitrogens with zero attached hydrogens (tertiary/aromatic N) is 2. The number of carboxylic acid groups (broad SMARTS) is 1. The van der Waals surface area contributed by atoms with Gasteiger partial charge in [0.1, 0.15) is 0 Å². The Hall–Kier alpha value is -5.94. The molecule has 0 unspecified atom stereocenters. The van der Waals surface area contributed by atoms with Crippen molar-refractivity contribution in [2.24, 2.45) is 0 Å². The molecule has 0 radical (unpaired) electrons. The average Bonchev–Trinajstić information content (AvgIpc) is 3.64. The molecule has 4 amide bonds. The minimum atomic E-state index is -1.01. The SMILES string of the molecule is C#CC#CC.CC1=C(CCC(=O)O)C(=O)OC1=O.CC1=C(CCC(=O)ON2C(=O)CCC2=O)C(=O)OC1=O.O=C1CCC(=O)N1O. The van der Waals surface area contributed by atoms with Crippen molar-refractivity contribution in [1.82, 2.24) is 10.1 Å². The van der Waals surface area contributed by atoms with Gasteiger partial charge in [-0.2, -0.15) is 5.06 Å². The Kier molecular flexibility index (Phi) is 14.9. The lowest BCUT2D eigenvalue weighted by Crippen LogP contribution is -2.32. The number of carbonyl (C=O) groups is 10. The number of cyclic esters (lactones) is 4. The quantitative estimate of drug-likeness (QED) is 0.123. The minimum absolute atomic E-state index is 0.0111. The predicted molar refractivity (Wildman–Crippen MR) is 146 cm³/mol. The van der Waals surface area contributed by atoms with E-state index >= 15 is 0 Å². The van der Waals surface area contributed by atoms with Crippen LogP contribution >= 0.6 is 0 Å². The molecule has 244 valence electrons. The summed E-state index contributed by atoms with van der Waals surface area (Å²) in [7, 11) is 0. The molecule has 17 nitrogen and oxygen atoms in total. The lowest BCUT2D eigenvalue weighted by Gasteiger charge is -2.12. The molecule has 2 saturated heterocycles. The second-order valence-corrected chi connectivity index (χ2v) is 9.12. The zero-order valence-electron chi connectivity index (χ0n) is 24.8. The van der Waals surface area contributed by atoms with Crippen molar-refractivity contribution in [3.05, 3.63) is 22.3 Å². The number of esters is 4. The lowest BCUT2D eigenvalue weighted by molar-refractivity contribution is -0.197. The maximum atomic E-state index is 11.5. The molecule has 0 aliphatic carbocycles. The van der Waals surface area contributed by atoms with E-state index in [1.165, 1.54) is 13.8 Å². The van der Waals surface area contributed by atoms with E-state index in [4.69, 9.17) is 16.7 Å². The number of amides is 4. The zero-order valence-corrected chi connectivity index (χ0v) is 24.8. The van der Waals surface area contributed by atoms with Gasteiger partial charge in [-0.1, -0.05) is 5.92 Å². The van der Waals surface area contributed by atoms with E-state index in [0.717, 1.165) is 0 Å². The van der Waals surface area contributed by atoms with Crippen molar-refractivity contribution in [1.29, 1.82) is 0 Å². The monoisotopic (exact) mass is 644 g/mol. The Bertz CT molecular complexity index is 1500. The van der Waals surface area contributed by atoms with Gasteiger partial charge in [0.25, 0.3) is 23.6 Å². The van der Waals surface area contributed by atoms with Crippen LogP contribution in [0.3, 0.4) is 0 Å². The van der Waals surface area contributed by atoms with E-state index in [-0.39, 0.29) is 78.7 Å². The number of hydrogen-bond acceptors (Lipinski definition) is 14. The molecule has 0 aromatic carbocycles. The molecule has 0 aromatic rings. The molecule has 17 heteroatoms. The van der Waals surface area contributed by atoms with Gasteiger partial charge in [0.05, 0.1) is 6.42 Å². The number of carbonyl (C=O) groups excluding carboxylic acids is 9. The first-order valence-corrected chi connectivity index (χ1v) is 13.2. The molecular weight excluding hydrogens is 616 g/mol. The molecule has 2 fully saturated rings. The van der Waals surface area contributed by atoms with Crippen LogP contribution in [0.15, 0.2) is 22.3 Å². The summed E-state index contributed by atoms with van der Waals surface area (Å²) >= 11 is 0. The highest BCUT2D eigenvalue weighted by Gasteiger charge is 2.34. The van der Waals surface area contributed by atoms with Crippen molar-refractivity contribution in [3.8, 4) is 24.2 Å². The molecule has 0 spiro atoms. The molecule has 0 bridgehead atoms. The topological polar surface area (TPSA) is 245 Å². The fourth-order valence-corrected chi connectivity index (χ4v) is 3.48. The standard InChI is InChI=1S/C12H11NO7.C8H8O5.C5H4.C4H5NO3/c1-6-7(12(18)19-11(6)17)2-5-10(16)20-13-8(14)3-4-9(13)15;1-4-5(2-3-6(9)10)8(12)13-7(4)11;1-3-5-4-2;6-3-1-2-4(7)5(3)8/h2-5H2,1H3;2-3H2,1H3,(H,9,10);1H,2H3;8H,1-2H2. The fraction of sp³-hybridized carbons (Fsp3) is 0.379. The lowest BCUT2D eigenvalue weighted by atomic mass is 10.1.